The number of hydrogen-bond acceptors (Lipinski definition) is 3. The van der Waals surface area contributed by atoms with Crippen molar-refractivity contribution in [1.82, 2.24) is 0 Å². The first-order chi connectivity index (χ1) is 9.06. The zero-order valence-electron chi connectivity index (χ0n) is 10.9. The molecule has 0 heterocycles. The molecule has 5 heteroatoms. The fourth-order valence-corrected chi connectivity index (χ4v) is 1.52. The Kier molecular flexibility index (Phi) is 6.05. The van der Waals surface area contributed by atoms with Crippen molar-refractivity contribution in [2.75, 3.05) is 0 Å². The minimum Gasteiger partial charge on any atom is -0.478 e. The van der Waals surface area contributed by atoms with Gasteiger partial charge in [0, 0.05) is 32.7 Å². The van der Waals surface area contributed by atoms with E-state index in [0.29, 0.717) is 11.3 Å². The third-order valence-electron chi connectivity index (χ3n) is 2.60. The molecule has 0 unspecified atom stereocenters. The molecule has 0 aliphatic heterocycles. The van der Waals surface area contributed by atoms with Crippen molar-refractivity contribution in [2.45, 2.75) is 6.92 Å². The molecule has 0 saturated carbocycles. The van der Waals surface area contributed by atoms with E-state index in [9.17, 15) is 9.59 Å². The number of carboxylic acids is 1. The molecule has 0 aliphatic carbocycles. The summed E-state index contributed by atoms with van der Waals surface area (Å²) in [7, 11) is 0. The standard InChI is InChI=1S/C15H12O4.Y/c1-10-2-8-13(9-3-10)19-15(18)12-6-4-11(5-7-12)14(16)17;/h2-9H,1H3,(H,16,17);. The van der Waals surface area contributed by atoms with Gasteiger partial charge < -0.3 is 9.84 Å². The molecule has 0 fully saturated rings. The van der Waals surface area contributed by atoms with Gasteiger partial charge in [-0.25, -0.2) is 9.59 Å². The van der Waals surface area contributed by atoms with Crippen LogP contribution in [0.15, 0.2) is 48.5 Å². The van der Waals surface area contributed by atoms with Crippen molar-refractivity contribution in [3.63, 3.8) is 0 Å². The van der Waals surface area contributed by atoms with Gasteiger partial charge in [-0.2, -0.15) is 0 Å². The number of rotatable bonds is 3. The number of ether oxygens (including phenoxy) is 1. The summed E-state index contributed by atoms with van der Waals surface area (Å²) in [5, 5.41) is 8.76. The summed E-state index contributed by atoms with van der Waals surface area (Å²) in [5.74, 6) is -1.09. The Morgan fingerprint density at radius 3 is 1.90 bits per heavy atom. The quantitative estimate of drug-likeness (QED) is 0.686. The van der Waals surface area contributed by atoms with Gasteiger partial charge in [-0.1, -0.05) is 17.7 Å². The first kappa shape index (κ1) is 16.5. The summed E-state index contributed by atoms with van der Waals surface area (Å²) in [4.78, 5) is 22.5. The molecule has 0 amide bonds. The molecule has 0 aromatic heterocycles. The Bertz CT molecular complexity index is 603. The topological polar surface area (TPSA) is 63.6 Å². The molecular weight excluding hydrogens is 333 g/mol. The number of hydrogen-bond donors (Lipinski definition) is 1. The normalized spacial score (nSPS) is 9.45. The van der Waals surface area contributed by atoms with Gasteiger partial charge >= 0.3 is 11.9 Å². The summed E-state index contributed by atoms with van der Waals surface area (Å²) in [6.07, 6.45) is 0. The van der Waals surface area contributed by atoms with Gasteiger partial charge in [0.2, 0.25) is 0 Å². The van der Waals surface area contributed by atoms with Crippen molar-refractivity contribution in [3.8, 4) is 5.75 Å². The predicted molar refractivity (Wildman–Crippen MR) is 69.5 cm³/mol. The van der Waals surface area contributed by atoms with Crippen LogP contribution in [-0.4, -0.2) is 17.0 Å². The van der Waals surface area contributed by atoms with Gasteiger partial charge in [-0.15, -0.1) is 0 Å². The van der Waals surface area contributed by atoms with Gasteiger partial charge in [0.05, 0.1) is 11.1 Å². The van der Waals surface area contributed by atoms with Crippen LogP contribution in [0.5, 0.6) is 5.75 Å². The van der Waals surface area contributed by atoms with E-state index >= 15 is 0 Å². The zero-order chi connectivity index (χ0) is 13.8. The van der Waals surface area contributed by atoms with Crippen LogP contribution in [-0.2, 0) is 32.7 Å². The van der Waals surface area contributed by atoms with E-state index in [0.717, 1.165) is 5.56 Å². The fraction of sp³-hybridized carbons (Fsp3) is 0.0667. The third-order valence-corrected chi connectivity index (χ3v) is 2.60. The second kappa shape index (κ2) is 7.32. The van der Waals surface area contributed by atoms with Crippen LogP contribution >= 0.6 is 0 Å². The van der Waals surface area contributed by atoms with E-state index in [2.05, 4.69) is 0 Å². The summed E-state index contributed by atoms with van der Waals surface area (Å²) in [5.41, 5.74) is 1.52. The van der Waals surface area contributed by atoms with Crippen molar-refractivity contribution >= 4 is 11.9 Å². The average molecular weight is 345 g/mol. The smallest absolute Gasteiger partial charge is 0.343 e. The van der Waals surface area contributed by atoms with Gasteiger partial charge in [-0.3, -0.25) is 0 Å². The molecule has 2 aromatic carbocycles. The molecule has 1 N–H and O–H groups in total. The Balaban J connectivity index is 0.00000200. The van der Waals surface area contributed by atoms with Crippen LogP contribution in [0.2, 0.25) is 0 Å². The molecule has 1 radical (unpaired) electrons. The third kappa shape index (κ3) is 4.25. The van der Waals surface area contributed by atoms with Gasteiger partial charge in [0.25, 0.3) is 0 Å². The van der Waals surface area contributed by atoms with Gasteiger partial charge in [-0.05, 0) is 43.3 Å². The van der Waals surface area contributed by atoms with Gasteiger partial charge in [0.15, 0.2) is 0 Å². The van der Waals surface area contributed by atoms with Gasteiger partial charge in [0.1, 0.15) is 5.75 Å². The van der Waals surface area contributed by atoms with E-state index < -0.39 is 11.9 Å². The van der Waals surface area contributed by atoms with Crippen LogP contribution in [0.25, 0.3) is 0 Å². The summed E-state index contributed by atoms with van der Waals surface area (Å²) < 4.78 is 5.17. The molecule has 0 bridgehead atoms. The van der Waals surface area contributed by atoms with Crippen LogP contribution < -0.4 is 4.74 Å². The van der Waals surface area contributed by atoms with E-state index in [1.165, 1.54) is 24.3 Å². The van der Waals surface area contributed by atoms with E-state index in [1.54, 1.807) is 12.1 Å². The Morgan fingerprint density at radius 1 is 0.900 bits per heavy atom. The number of carbonyl (C=O) groups excluding carboxylic acids is 1. The molecular formula is C15H12O4Y. The number of benzene rings is 2. The SMILES string of the molecule is Cc1ccc(OC(=O)c2ccc(C(=O)O)cc2)cc1.[Y]. The molecule has 99 valence electrons. The molecule has 0 atom stereocenters. The summed E-state index contributed by atoms with van der Waals surface area (Å²) >= 11 is 0. The van der Waals surface area contributed by atoms with Crippen LogP contribution in [0, 0.1) is 6.92 Å². The largest absolute Gasteiger partial charge is 0.478 e. The Hall–Kier alpha value is -1.52. The number of carboxylic acid groups (broad SMARTS) is 1. The maximum absolute atomic E-state index is 11.8. The Labute approximate surface area is 141 Å². The average Bonchev–Trinajstić information content (AvgIpc) is 2.41. The van der Waals surface area contributed by atoms with E-state index in [4.69, 9.17) is 9.84 Å². The molecule has 20 heavy (non-hydrogen) atoms. The molecule has 2 aromatic rings. The monoisotopic (exact) mass is 345 g/mol. The maximum Gasteiger partial charge on any atom is 0.343 e. The number of aromatic carboxylic acids is 1. The second-order valence-corrected chi connectivity index (χ2v) is 4.09. The van der Waals surface area contributed by atoms with E-state index in [-0.39, 0.29) is 38.3 Å². The zero-order valence-corrected chi connectivity index (χ0v) is 13.7. The summed E-state index contributed by atoms with van der Waals surface area (Å²) in [6, 6.07) is 12.7. The van der Waals surface area contributed by atoms with E-state index in [1.807, 2.05) is 19.1 Å². The maximum atomic E-state index is 11.8. The van der Waals surface area contributed by atoms with Crippen molar-refractivity contribution < 1.29 is 52.1 Å². The molecule has 0 saturated heterocycles. The van der Waals surface area contributed by atoms with Crippen LogP contribution in [0.1, 0.15) is 26.3 Å². The minimum absolute atomic E-state index is 0. The first-order valence-electron chi connectivity index (χ1n) is 5.68. The number of carbonyl (C=O) groups is 2. The molecule has 2 rings (SSSR count). The van der Waals surface area contributed by atoms with Crippen LogP contribution in [0.4, 0.5) is 0 Å². The minimum atomic E-state index is -1.03. The Morgan fingerprint density at radius 2 is 1.40 bits per heavy atom. The van der Waals surface area contributed by atoms with Crippen LogP contribution in [0.3, 0.4) is 0 Å². The van der Waals surface area contributed by atoms with Crippen molar-refractivity contribution in [2.24, 2.45) is 0 Å². The summed E-state index contributed by atoms with van der Waals surface area (Å²) in [6.45, 7) is 1.94. The molecule has 0 aliphatic rings. The second-order valence-electron chi connectivity index (χ2n) is 4.09. The number of aryl methyl sites for hydroxylation is 1. The van der Waals surface area contributed by atoms with Crippen molar-refractivity contribution in [1.29, 1.82) is 0 Å². The fourth-order valence-electron chi connectivity index (χ4n) is 1.52. The molecule has 0 spiro atoms. The number of esters is 1. The first-order valence-corrected chi connectivity index (χ1v) is 5.68. The predicted octanol–water partition coefficient (Wildman–Crippen LogP) is 2.91. The molecule has 4 nitrogen and oxygen atoms in total. The van der Waals surface area contributed by atoms with Crippen molar-refractivity contribution in [3.05, 3.63) is 65.2 Å².